The Kier molecular flexibility index (Phi) is 5.21. The van der Waals surface area contributed by atoms with Gasteiger partial charge in [0.2, 0.25) is 0 Å². The normalized spacial score (nSPS) is 21.3. The van der Waals surface area contributed by atoms with Crippen molar-refractivity contribution in [2.45, 2.75) is 12.2 Å². The van der Waals surface area contributed by atoms with Gasteiger partial charge in [0.1, 0.15) is 0 Å². The van der Waals surface area contributed by atoms with Crippen LogP contribution in [-0.4, -0.2) is 44.1 Å². The summed E-state index contributed by atoms with van der Waals surface area (Å²) in [4.78, 5) is 0. The maximum absolute atomic E-state index is 13.0. The van der Waals surface area contributed by atoms with Crippen LogP contribution in [0.1, 0.15) is 11.7 Å². The van der Waals surface area contributed by atoms with E-state index in [1.165, 1.54) is 6.07 Å². The number of nitrogens with one attached hydrogen (secondary N) is 1. The molecule has 0 bridgehead atoms. The van der Waals surface area contributed by atoms with Crippen LogP contribution in [0.4, 0.5) is 8.78 Å². The van der Waals surface area contributed by atoms with Crippen molar-refractivity contribution in [3.05, 3.63) is 35.4 Å². The zero-order valence-corrected chi connectivity index (χ0v) is 10.4. The van der Waals surface area contributed by atoms with Gasteiger partial charge in [-0.2, -0.15) is 0 Å². The van der Waals surface area contributed by atoms with E-state index >= 15 is 0 Å². The Morgan fingerprint density at radius 1 is 1.32 bits per heavy atom. The molecular weight excluding hydrogens is 256 g/mol. The molecule has 2 rings (SSSR count). The van der Waals surface area contributed by atoms with E-state index in [1.54, 1.807) is 0 Å². The fourth-order valence-electron chi connectivity index (χ4n) is 1.87. The van der Waals surface area contributed by atoms with Gasteiger partial charge < -0.3 is 19.9 Å². The summed E-state index contributed by atoms with van der Waals surface area (Å²) in [6.45, 7) is 2.48. The fourth-order valence-corrected chi connectivity index (χ4v) is 1.87. The lowest BCUT2D eigenvalue weighted by Gasteiger charge is -2.23. The summed E-state index contributed by atoms with van der Waals surface area (Å²) in [7, 11) is 0. The van der Waals surface area contributed by atoms with Crippen molar-refractivity contribution in [1.82, 2.24) is 5.32 Å². The number of halogens is 2. The van der Waals surface area contributed by atoms with Crippen LogP contribution in [0.5, 0.6) is 0 Å². The topological polar surface area (TPSA) is 50.7 Å². The minimum Gasteiger partial charge on any atom is -0.387 e. The molecule has 4 nitrogen and oxygen atoms in total. The second-order valence-corrected chi connectivity index (χ2v) is 4.42. The summed E-state index contributed by atoms with van der Waals surface area (Å²) >= 11 is 0. The lowest BCUT2D eigenvalue weighted by atomic mass is 10.1. The number of hydrogen-bond donors (Lipinski definition) is 2. The smallest absolute Gasteiger partial charge is 0.159 e. The van der Waals surface area contributed by atoms with Crippen LogP contribution in [0.25, 0.3) is 0 Å². The molecule has 0 spiro atoms. The molecule has 1 aromatic rings. The van der Waals surface area contributed by atoms with Crippen LogP contribution < -0.4 is 5.32 Å². The lowest BCUT2D eigenvalue weighted by Crippen LogP contribution is -2.38. The van der Waals surface area contributed by atoms with Crippen molar-refractivity contribution in [2.24, 2.45) is 0 Å². The predicted molar refractivity (Wildman–Crippen MR) is 64.7 cm³/mol. The van der Waals surface area contributed by atoms with Gasteiger partial charge in [-0.05, 0) is 17.7 Å². The molecule has 0 radical (unpaired) electrons. The lowest BCUT2D eigenvalue weighted by molar-refractivity contribution is -0.0868. The van der Waals surface area contributed by atoms with E-state index in [0.29, 0.717) is 31.9 Å². The van der Waals surface area contributed by atoms with Crippen LogP contribution in [0.15, 0.2) is 18.2 Å². The fraction of sp³-hybridized carbons (Fsp3) is 0.538. The Bertz CT molecular complexity index is 411. The van der Waals surface area contributed by atoms with E-state index in [4.69, 9.17) is 9.47 Å². The van der Waals surface area contributed by atoms with E-state index in [0.717, 1.165) is 12.1 Å². The average Bonchev–Trinajstić information content (AvgIpc) is 2.43. The first-order chi connectivity index (χ1) is 9.16. The van der Waals surface area contributed by atoms with E-state index in [1.807, 2.05) is 0 Å². The molecule has 106 valence electrons. The van der Waals surface area contributed by atoms with Crippen molar-refractivity contribution < 1.29 is 23.4 Å². The van der Waals surface area contributed by atoms with Crippen molar-refractivity contribution in [3.8, 4) is 0 Å². The molecule has 2 atom stereocenters. The van der Waals surface area contributed by atoms with E-state index in [9.17, 15) is 13.9 Å². The van der Waals surface area contributed by atoms with Crippen LogP contribution in [-0.2, 0) is 9.47 Å². The van der Waals surface area contributed by atoms with Gasteiger partial charge >= 0.3 is 0 Å². The van der Waals surface area contributed by atoms with Crippen LogP contribution in [0.3, 0.4) is 0 Å². The third-order valence-electron chi connectivity index (χ3n) is 2.92. The molecule has 0 aliphatic carbocycles. The van der Waals surface area contributed by atoms with Crippen molar-refractivity contribution in [1.29, 1.82) is 0 Å². The maximum Gasteiger partial charge on any atom is 0.159 e. The molecule has 2 unspecified atom stereocenters. The van der Waals surface area contributed by atoms with Gasteiger partial charge in [0, 0.05) is 13.1 Å². The molecule has 1 aliphatic rings. The van der Waals surface area contributed by atoms with E-state index in [-0.39, 0.29) is 12.6 Å². The highest BCUT2D eigenvalue weighted by molar-refractivity contribution is 5.20. The summed E-state index contributed by atoms with van der Waals surface area (Å²) in [5.41, 5.74) is 0.340. The van der Waals surface area contributed by atoms with E-state index in [2.05, 4.69) is 5.32 Å². The van der Waals surface area contributed by atoms with Gasteiger partial charge in [-0.15, -0.1) is 0 Å². The Labute approximate surface area is 110 Å². The van der Waals surface area contributed by atoms with Gasteiger partial charge in [-0.1, -0.05) is 6.07 Å². The average molecular weight is 273 g/mol. The van der Waals surface area contributed by atoms with Gasteiger partial charge in [-0.25, -0.2) is 8.78 Å². The molecule has 1 heterocycles. The van der Waals surface area contributed by atoms with Gasteiger partial charge in [0.15, 0.2) is 11.6 Å². The zero-order chi connectivity index (χ0) is 13.7. The highest BCUT2D eigenvalue weighted by atomic mass is 19.2. The molecule has 1 aliphatic heterocycles. The molecule has 19 heavy (non-hydrogen) atoms. The van der Waals surface area contributed by atoms with Gasteiger partial charge in [0.25, 0.3) is 0 Å². The number of aliphatic hydroxyl groups excluding tert-OH is 1. The molecule has 6 heteroatoms. The standard InChI is InChI=1S/C13H17F2NO3/c14-11-2-1-9(5-12(11)15)13(17)7-16-6-10-8-18-3-4-19-10/h1-2,5,10,13,16-17H,3-4,6-8H2. The Balaban J connectivity index is 1.76. The molecule has 0 saturated carbocycles. The molecule has 1 saturated heterocycles. The summed E-state index contributed by atoms with van der Waals surface area (Å²) in [6, 6.07) is 3.37. The minimum atomic E-state index is -0.958. The summed E-state index contributed by atoms with van der Waals surface area (Å²) in [6.07, 6.45) is -0.925. The molecule has 1 aromatic carbocycles. The number of benzene rings is 1. The largest absolute Gasteiger partial charge is 0.387 e. The number of rotatable bonds is 5. The second-order valence-electron chi connectivity index (χ2n) is 4.42. The quantitative estimate of drug-likeness (QED) is 0.840. The third kappa shape index (κ3) is 4.21. The van der Waals surface area contributed by atoms with Gasteiger partial charge in [-0.3, -0.25) is 0 Å². The summed E-state index contributed by atoms with van der Waals surface area (Å²) in [5, 5.41) is 12.9. The van der Waals surface area contributed by atoms with Crippen molar-refractivity contribution in [2.75, 3.05) is 32.9 Å². The Hall–Kier alpha value is -1.08. The third-order valence-corrected chi connectivity index (χ3v) is 2.92. The number of aliphatic hydroxyl groups is 1. The second kappa shape index (κ2) is 6.91. The monoisotopic (exact) mass is 273 g/mol. The summed E-state index contributed by atoms with van der Waals surface area (Å²) < 4.78 is 36.4. The van der Waals surface area contributed by atoms with E-state index < -0.39 is 17.7 Å². The first kappa shape index (κ1) is 14.3. The van der Waals surface area contributed by atoms with Gasteiger partial charge in [0.05, 0.1) is 32.0 Å². The van der Waals surface area contributed by atoms with Crippen LogP contribution in [0, 0.1) is 11.6 Å². The van der Waals surface area contributed by atoms with Crippen LogP contribution in [0.2, 0.25) is 0 Å². The summed E-state index contributed by atoms with van der Waals surface area (Å²) in [5.74, 6) is -1.88. The highest BCUT2D eigenvalue weighted by Crippen LogP contribution is 2.15. The first-order valence-corrected chi connectivity index (χ1v) is 6.20. The number of ether oxygens (including phenoxy) is 2. The van der Waals surface area contributed by atoms with Crippen molar-refractivity contribution in [3.63, 3.8) is 0 Å². The minimum absolute atomic E-state index is 0.0362. The van der Waals surface area contributed by atoms with Crippen molar-refractivity contribution >= 4 is 0 Å². The predicted octanol–water partition coefficient (Wildman–Crippen LogP) is 1.00. The molecular formula is C13H17F2NO3. The molecule has 0 aromatic heterocycles. The zero-order valence-electron chi connectivity index (χ0n) is 10.4. The molecule has 0 amide bonds. The Morgan fingerprint density at radius 3 is 2.84 bits per heavy atom. The molecule has 1 fully saturated rings. The Morgan fingerprint density at radius 2 is 2.16 bits per heavy atom. The highest BCUT2D eigenvalue weighted by Gasteiger charge is 2.15. The SMILES string of the molecule is OC(CNCC1COCCO1)c1ccc(F)c(F)c1. The van der Waals surface area contributed by atoms with Crippen LogP contribution >= 0.6 is 0 Å². The maximum atomic E-state index is 13.0. The molecule has 2 N–H and O–H groups in total. The first-order valence-electron chi connectivity index (χ1n) is 6.20. The number of hydrogen-bond acceptors (Lipinski definition) is 4.